The lowest BCUT2D eigenvalue weighted by molar-refractivity contribution is -0.126. The van der Waals surface area contributed by atoms with E-state index < -0.39 is 0 Å². The normalized spacial score (nSPS) is 25.2. The molecule has 0 saturated carbocycles. The number of carbonyl (C=O) groups is 1. The number of nitrogens with two attached hydrogens (primary N) is 1. The molecule has 0 aromatic heterocycles. The van der Waals surface area contributed by atoms with Gasteiger partial charge in [-0.3, -0.25) is 4.79 Å². The molecule has 1 amide bonds. The molecule has 1 aromatic carbocycles. The number of anilines is 2. The first-order valence-electron chi connectivity index (χ1n) is 8.28. The molecular weight excluding hydrogens is 278 g/mol. The first-order valence-corrected chi connectivity index (χ1v) is 8.28. The third kappa shape index (κ3) is 3.42. The largest absolute Gasteiger partial charge is 0.370 e. The maximum Gasteiger partial charge on any atom is 0.253 e. The topological polar surface area (TPSA) is 67.6 Å². The number of hydrogen-bond donors (Lipinski definition) is 2. The number of nitrogens with zero attached hydrogens (tertiary/aromatic N) is 1. The van der Waals surface area contributed by atoms with Crippen LogP contribution >= 0.6 is 0 Å². The van der Waals surface area contributed by atoms with E-state index in [1.807, 2.05) is 18.2 Å². The Balaban J connectivity index is 1.68. The molecule has 1 aromatic rings. The van der Waals surface area contributed by atoms with Gasteiger partial charge < -0.3 is 20.7 Å². The molecule has 0 unspecified atom stereocenters. The highest BCUT2D eigenvalue weighted by molar-refractivity contribution is 5.97. The molecule has 5 heteroatoms. The third-order valence-electron chi connectivity index (χ3n) is 4.52. The van der Waals surface area contributed by atoms with E-state index in [2.05, 4.69) is 16.3 Å². The monoisotopic (exact) mass is 303 g/mol. The summed E-state index contributed by atoms with van der Waals surface area (Å²) in [5.74, 6) is -0.0552. The molecule has 3 N–H and O–H groups in total. The molecule has 5 nitrogen and oxygen atoms in total. The number of piperidine rings is 1. The Morgan fingerprint density at radius 3 is 2.73 bits per heavy atom. The molecule has 0 bridgehead atoms. The molecular formula is C17H25N3O2. The maximum atomic E-state index is 12.4. The van der Waals surface area contributed by atoms with E-state index in [-0.39, 0.29) is 18.1 Å². The van der Waals surface area contributed by atoms with Gasteiger partial charge in [-0.2, -0.15) is 0 Å². The van der Waals surface area contributed by atoms with Crippen molar-refractivity contribution >= 4 is 17.3 Å². The average Bonchev–Trinajstić information content (AvgIpc) is 3.05. The predicted molar refractivity (Wildman–Crippen MR) is 88.1 cm³/mol. The van der Waals surface area contributed by atoms with Crippen molar-refractivity contribution in [3.63, 3.8) is 0 Å². The Labute approximate surface area is 131 Å². The molecule has 2 saturated heterocycles. The molecule has 0 radical (unpaired) electrons. The summed E-state index contributed by atoms with van der Waals surface area (Å²) in [7, 11) is 0. The van der Waals surface area contributed by atoms with Crippen LogP contribution in [-0.4, -0.2) is 37.7 Å². The molecule has 120 valence electrons. The second-order valence-electron chi connectivity index (χ2n) is 6.11. The van der Waals surface area contributed by atoms with Gasteiger partial charge in [-0.25, -0.2) is 0 Å². The van der Waals surface area contributed by atoms with E-state index in [9.17, 15) is 4.79 Å². The van der Waals surface area contributed by atoms with Crippen molar-refractivity contribution < 1.29 is 9.53 Å². The van der Waals surface area contributed by atoms with E-state index in [0.717, 1.165) is 37.3 Å². The Kier molecular flexibility index (Phi) is 4.95. The summed E-state index contributed by atoms with van der Waals surface area (Å²) in [5, 5.41) is 3.05. The van der Waals surface area contributed by atoms with Gasteiger partial charge in [0, 0.05) is 19.6 Å². The second-order valence-corrected chi connectivity index (χ2v) is 6.11. The lowest BCUT2D eigenvalue weighted by atomic mass is 10.1. The summed E-state index contributed by atoms with van der Waals surface area (Å²) in [5.41, 5.74) is 7.61. The van der Waals surface area contributed by atoms with Crippen molar-refractivity contribution in [2.24, 2.45) is 5.73 Å². The number of benzene rings is 1. The molecule has 2 fully saturated rings. The summed E-state index contributed by atoms with van der Waals surface area (Å²) >= 11 is 0. The average molecular weight is 303 g/mol. The zero-order valence-electron chi connectivity index (χ0n) is 13.0. The molecule has 2 aliphatic heterocycles. The van der Waals surface area contributed by atoms with Gasteiger partial charge in [0.25, 0.3) is 5.91 Å². The van der Waals surface area contributed by atoms with E-state index in [0.29, 0.717) is 6.54 Å². The fourth-order valence-electron chi connectivity index (χ4n) is 3.28. The summed E-state index contributed by atoms with van der Waals surface area (Å²) in [6.07, 6.45) is 4.98. The van der Waals surface area contributed by atoms with Gasteiger partial charge in [0.1, 0.15) is 6.10 Å². The zero-order valence-corrected chi connectivity index (χ0v) is 13.0. The maximum absolute atomic E-state index is 12.4. The van der Waals surface area contributed by atoms with E-state index in [1.165, 1.54) is 19.3 Å². The van der Waals surface area contributed by atoms with Gasteiger partial charge in [0.15, 0.2) is 0 Å². The van der Waals surface area contributed by atoms with Gasteiger partial charge in [-0.05, 0) is 44.2 Å². The van der Waals surface area contributed by atoms with Crippen LogP contribution in [0.4, 0.5) is 11.4 Å². The lowest BCUT2D eigenvalue weighted by Crippen LogP contribution is -2.32. The van der Waals surface area contributed by atoms with Crippen molar-refractivity contribution in [3.8, 4) is 0 Å². The van der Waals surface area contributed by atoms with Crippen LogP contribution < -0.4 is 16.0 Å². The summed E-state index contributed by atoms with van der Waals surface area (Å²) in [4.78, 5) is 14.8. The van der Waals surface area contributed by atoms with Crippen molar-refractivity contribution in [2.75, 3.05) is 29.9 Å². The molecule has 0 spiro atoms. The Morgan fingerprint density at radius 2 is 2.00 bits per heavy atom. The molecule has 3 rings (SSSR count). The number of ether oxygens (including phenoxy) is 1. The number of nitrogens with one attached hydrogen (secondary N) is 1. The summed E-state index contributed by atoms with van der Waals surface area (Å²) in [6.45, 7) is 2.60. The Bertz CT molecular complexity index is 514. The van der Waals surface area contributed by atoms with Gasteiger partial charge in [-0.15, -0.1) is 0 Å². The quantitative estimate of drug-likeness (QED) is 0.894. The van der Waals surface area contributed by atoms with Crippen LogP contribution in [0.5, 0.6) is 0 Å². The number of amides is 1. The first kappa shape index (κ1) is 15.3. The number of para-hydroxylation sites is 2. The highest BCUT2D eigenvalue weighted by Crippen LogP contribution is 2.29. The number of rotatable bonds is 4. The molecule has 2 aliphatic rings. The smallest absolute Gasteiger partial charge is 0.253 e. The molecule has 2 atom stereocenters. The van der Waals surface area contributed by atoms with Crippen molar-refractivity contribution in [1.29, 1.82) is 0 Å². The molecule has 22 heavy (non-hydrogen) atoms. The summed E-state index contributed by atoms with van der Waals surface area (Å²) < 4.78 is 5.68. The van der Waals surface area contributed by atoms with Crippen LogP contribution in [-0.2, 0) is 9.53 Å². The van der Waals surface area contributed by atoms with Crippen LogP contribution in [0.1, 0.15) is 32.1 Å². The second kappa shape index (κ2) is 7.11. The van der Waals surface area contributed by atoms with Crippen LogP contribution in [0, 0.1) is 0 Å². The SMILES string of the molecule is NC[C@H]1CC[C@@H](C(=O)Nc2ccccc2N2CCCCC2)O1. The Hall–Kier alpha value is -1.59. The minimum atomic E-state index is -0.372. The van der Waals surface area contributed by atoms with Crippen LogP contribution in [0.25, 0.3) is 0 Å². The minimum absolute atomic E-state index is 0.0214. The fourth-order valence-corrected chi connectivity index (χ4v) is 3.28. The summed E-state index contributed by atoms with van der Waals surface area (Å²) in [6, 6.07) is 8.04. The van der Waals surface area contributed by atoms with E-state index in [1.54, 1.807) is 0 Å². The minimum Gasteiger partial charge on any atom is -0.370 e. The molecule has 2 heterocycles. The van der Waals surface area contributed by atoms with E-state index >= 15 is 0 Å². The lowest BCUT2D eigenvalue weighted by Gasteiger charge is -2.30. The van der Waals surface area contributed by atoms with Crippen molar-refractivity contribution in [1.82, 2.24) is 0 Å². The highest BCUT2D eigenvalue weighted by Gasteiger charge is 2.30. The standard InChI is InChI=1S/C17H25N3O2/c18-12-13-8-9-16(22-13)17(21)19-14-6-2-3-7-15(14)20-10-4-1-5-11-20/h2-3,6-7,13,16H,1,4-5,8-12,18H2,(H,19,21)/t13-,16+/m1/s1. The number of carbonyl (C=O) groups excluding carboxylic acids is 1. The van der Waals surface area contributed by atoms with E-state index in [4.69, 9.17) is 10.5 Å². The van der Waals surface area contributed by atoms with Gasteiger partial charge >= 0.3 is 0 Å². The highest BCUT2D eigenvalue weighted by atomic mass is 16.5. The van der Waals surface area contributed by atoms with Crippen LogP contribution in [0.2, 0.25) is 0 Å². The van der Waals surface area contributed by atoms with Gasteiger partial charge in [-0.1, -0.05) is 12.1 Å². The Morgan fingerprint density at radius 1 is 1.23 bits per heavy atom. The third-order valence-corrected chi connectivity index (χ3v) is 4.52. The van der Waals surface area contributed by atoms with Gasteiger partial charge in [0.2, 0.25) is 0 Å². The van der Waals surface area contributed by atoms with Gasteiger partial charge in [0.05, 0.1) is 17.5 Å². The fraction of sp³-hybridized carbons (Fsp3) is 0.588. The van der Waals surface area contributed by atoms with Crippen molar-refractivity contribution in [2.45, 2.75) is 44.3 Å². The first-order chi connectivity index (χ1) is 10.8. The number of hydrogen-bond acceptors (Lipinski definition) is 4. The predicted octanol–water partition coefficient (Wildman–Crippen LogP) is 2.12. The zero-order chi connectivity index (χ0) is 15.4. The van der Waals surface area contributed by atoms with Crippen molar-refractivity contribution in [3.05, 3.63) is 24.3 Å². The van der Waals surface area contributed by atoms with Crippen LogP contribution in [0.15, 0.2) is 24.3 Å². The molecule has 0 aliphatic carbocycles. The van der Waals surface area contributed by atoms with Crippen LogP contribution in [0.3, 0.4) is 0 Å².